The molecule has 2 amide bonds. The van der Waals surface area contributed by atoms with Crippen LogP contribution in [0.2, 0.25) is 10.0 Å². The van der Waals surface area contributed by atoms with Crippen LogP contribution in [0.1, 0.15) is 13.8 Å². The molecule has 2 fully saturated rings. The van der Waals surface area contributed by atoms with Crippen molar-refractivity contribution >= 4 is 40.7 Å². The van der Waals surface area contributed by atoms with Crippen molar-refractivity contribution in [2.75, 3.05) is 4.90 Å². The first-order valence-electron chi connectivity index (χ1n) is 7.61. The molecule has 3 aliphatic rings. The lowest BCUT2D eigenvalue weighted by atomic mass is 9.85. The molecule has 2 bridgehead atoms. The van der Waals surface area contributed by atoms with E-state index in [1.807, 2.05) is 13.8 Å². The van der Waals surface area contributed by atoms with Gasteiger partial charge in [-0.3, -0.25) is 9.59 Å². The van der Waals surface area contributed by atoms with Crippen LogP contribution in [0.5, 0.6) is 0 Å². The summed E-state index contributed by atoms with van der Waals surface area (Å²) in [5.74, 6) is -0.877. The minimum atomic E-state index is -0.308. The van der Waals surface area contributed by atoms with Crippen LogP contribution >= 0.6 is 23.2 Å². The predicted molar refractivity (Wildman–Crippen MR) is 90.4 cm³/mol. The SMILES string of the molecule is CC(C)=C1[C@H]2C=C[C@H]1[C@H]1C(=O)N(c3cccc(Cl)c3Cl)C(=O)[C@H]12. The van der Waals surface area contributed by atoms with Crippen LogP contribution in [-0.2, 0) is 9.59 Å². The summed E-state index contributed by atoms with van der Waals surface area (Å²) >= 11 is 12.3. The van der Waals surface area contributed by atoms with Crippen molar-refractivity contribution in [3.05, 3.63) is 51.5 Å². The monoisotopic (exact) mass is 347 g/mol. The number of fused-ring (bicyclic) bond motifs is 5. The van der Waals surface area contributed by atoms with Gasteiger partial charge in [-0.1, -0.05) is 52.6 Å². The third-order valence-electron chi connectivity index (χ3n) is 5.17. The quantitative estimate of drug-likeness (QED) is 0.562. The normalized spacial score (nSPS) is 31.3. The molecule has 23 heavy (non-hydrogen) atoms. The van der Waals surface area contributed by atoms with E-state index >= 15 is 0 Å². The lowest BCUT2D eigenvalue weighted by Gasteiger charge is -2.20. The van der Waals surface area contributed by atoms with Gasteiger partial charge in [0.15, 0.2) is 0 Å². The third-order valence-corrected chi connectivity index (χ3v) is 5.97. The topological polar surface area (TPSA) is 37.4 Å². The Balaban J connectivity index is 1.80. The minimum Gasteiger partial charge on any atom is -0.274 e. The van der Waals surface area contributed by atoms with Crippen molar-refractivity contribution in [1.82, 2.24) is 0 Å². The highest BCUT2D eigenvalue weighted by molar-refractivity contribution is 6.45. The number of allylic oxidation sites excluding steroid dienone is 4. The second kappa shape index (κ2) is 4.96. The number of hydrogen-bond acceptors (Lipinski definition) is 2. The Morgan fingerprint density at radius 2 is 1.57 bits per heavy atom. The van der Waals surface area contributed by atoms with E-state index < -0.39 is 0 Å². The maximum atomic E-state index is 13.0. The zero-order valence-electron chi connectivity index (χ0n) is 12.7. The van der Waals surface area contributed by atoms with E-state index in [0.717, 1.165) is 0 Å². The molecule has 0 unspecified atom stereocenters. The van der Waals surface area contributed by atoms with Crippen LogP contribution in [0.15, 0.2) is 41.5 Å². The summed E-state index contributed by atoms with van der Waals surface area (Å²) in [7, 11) is 0. The van der Waals surface area contributed by atoms with Gasteiger partial charge in [-0.05, 0) is 26.0 Å². The van der Waals surface area contributed by atoms with Gasteiger partial charge in [0.25, 0.3) is 0 Å². The molecule has 0 aromatic heterocycles. The van der Waals surface area contributed by atoms with E-state index in [9.17, 15) is 9.59 Å². The molecule has 1 aromatic carbocycles. The van der Waals surface area contributed by atoms with Gasteiger partial charge >= 0.3 is 0 Å². The van der Waals surface area contributed by atoms with Gasteiger partial charge in [0.05, 0.1) is 27.6 Å². The summed E-state index contributed by atoms with van der Waals surface area (Å²) in [4.78, 5) is 27.2. The van der Waals surface area contributed by atoms with Crippen LogP contribution in [0.25, 0.3) is 0 Å². The van der Waals surface area contributed by atoms with E-state index in [1.54, 1.807) is 18.2 Å². The summed E-state index contributed by atoms with van der Waals surface area (Å²) in [5.41, 5.74) is 2.83. The number of carbonyl (C=O) groups is 2. The molecule has 118 valence electrons. The maximum Gasteiger partial charge on any atom is 0.238 e. The van der Waals surface area contributed by atoms with Crippen molar-refractivity contribution in [3.63, 3.8) is 0 Å². The van der Waals surface area contributed by atoms with Gasteiger partial charge in [-0.25, -0.2) is 4.90 Å². The van der Waals surface area contributed by atoms with Crippen LogP contribution in [0.4, 0.5) is 5.69 Å². The molecule has 4 rings (SSSR count). The van der Waals surface area contributed by atoms with E-state index in [4.69, 9.17) is 23.2 Å². The van der Waals surface area contributed by atoms with Gasteiger partial charge in [-0.2, -0.15) is 0 Å². The smallest absolute Gasteiger partial charge is 0.238 e. The number of amides is 2. The summed E-state index contributed by atoms with van der Waals surface area (Å²) in [6.45, 7) is 4.09. The van der Waals surface area contributed by atoms with E-state index in [2.05, 4.69) is 12.2 Å². The van der Waals surface area contributed by atoms with Gasteiger partial charge < -0.3 is 0 Å². The molecular weight excluding hydrogens is 333 g/mol. The zero-order chi connectivity index (χ0) is 16.5. The van der Waals surface area contributed by atoms with Crippen molar-refractivity contribution in [2.45, 2.75) is 13.8 Å². The Morgan fingerprint density at radius 3 is 2.09 bits per heavy atom. The minimum absolute atomic E-state index is 0.0365. The first kappa shape index (κ1) is 15.0. The lowest BCUT2D eigenvalue weighted by Crippen LogP contribution is -2.33. The summed E-state index contributed by atoms with van der Waals surface area (Å²) in [6, 6.07) is 5.01. The summed E-state index contributed by atoms with van der Waals surface area (Å²) in [5, 5.41) is 0.589. The Morgan fingerprint density at radius 1 is 1.00 bits per heavy atom. The number of nitrogens with zero attached hydrogens (tertiary/aromatic N) is 1. The molecular formula is C18H15Cl2NO2. The van der Waals surface area contributed by atoms with Crippen LogP contribution in [-0.4, -0.2) is 11.8 Å². The Bertz CT molecular complexity index is 773. The number of anilines is 1. The van der Waals surface area contributed by atoms with Crippen molar-refractivity contribution in [2.24, 2.45) is 23.7 Å². The molecule has 1 saturated carbocycles. The zero-order valence-corrected chi connectivity index (χ0v) is 14.2. The molecule has 1 heterocycles. The van der Waals surface area contributed by atoms with Crippen molar-refractivity contribution in [3.8, 4) is 0 Å². The molecule has 0 N–H and O–H groups in total. The number of hydrogen-bond donors (Lipinski definition) is 0. The highest BCUT2D eigenvalue weighted by atomic mass is 35.5. The fourth-order valence-electron chi connectivity index (χ4n) is 4.33. The van der Waals surface area contributed by atoms with Crippen LogP contribution in [0, 0.1) is 23.7 Å². The van der Waals surface area contributed by atoms with Gasteiger partial charge in [0.1, 0.15) is 0 Å². The lowest BCUT2D eigenvalue weighted by molar-refractivity contribution is -0.122. The van der Waals surface area contributed by atoms with E-state index in [-0.39, 0.29) is 40.5 Å². The van der Waals surface area contributed by atoms with Gasteiger partial charge in [-0.15, -0.1) is 0 Å². The predicted octanol–water partition coefficient (Wildman–Crippen LogP) is 4.25. The van der Waals surface area contributed by atoms with Crippen LogP contribution < -0.4 is 4.90 Å². The van der Waals surface area contributed by atoms with Crippen molar-refractivity contribution in [1.29, 1.82) is 0 Å². The number of carbonyl (C=O) groups excluding carboxylic acids is 2. The maximum absolute atomic E-state index is 13.0. The Hall–Kier alpha value is -1.58. The molecule has 5 heteroatoms. The molecule has 0 radical (unpaired) electrons. The van der Waals surface area contributed by atoms with Crippen LogP contribution in [0.3, 0.4) is 0 Å². The second-order valence-corrected chi connectivity index (χ2v) is 7.31. The Labute approximate surface area is 144 Å². The van der Waals surface area contributed by atoms with Gasteiger partial charge in [0, 0.05) is 11.8 Å². The second-order valence-electron chi connectivity index (χ2n) is 6.53. The fraction of sp³-hybridized carbons (Fsp3) is 0.333. The van der Waals surface area contributed by atoms with Gasteiger partial charge in [0.2, 0.25) is 11.8 Å². The molecule has 1 aliphatic heterocycles. The average molecular weight is 348 g/mol. The Kier molecular flexibility index (Phi) is 3.23. The number of rotatable bonds is 1. The molecule has 1 aromatic rings. The van der Waals surface area contributed by atoms with E-state index in [0.29, 0.717) is 10.7 Å². The molecule has 0 spiro atoms. The summed E-state index contributed by atoms with van der Waals surface area (Å²) in [6.07, 6.45) is 4.14. The number of imide groups is 1. The highest BCUT2D eigenvalue weighted by Gasteiger charge is 2.62. The number of halogens is 2. The first-order chi connectivity index (χ1) is 10.9. The third kappa shape index (κ3) is 1.84. The van der Waals surface area contributed by atoms with Crippen molar-refractivity contribution < 1.29 is 9.59 Å². The number of benzene rings is 1. The largest absolute Gasteiger partial charge is 0.274 e. The molecule has 4 atom stereocenters. The molecule has 2 aliphatic carbocycles. The average Bonchev–Trinajstić information content (AvgIpc) is 3.13. The standard InChI is InChI=1S/C18H15Cl2NO2/c1-8(2)13-9-6-7-10(13)15-14(9)17(22)21(18(15)23)12-5-3-4-11(19)16(12)20/h3-7,9-10,14-15H,1-2H3/t9-,10-,14-,15+/m1/s1. The molecule has 3 nitrogen and oxygen atoms in total. The fourth-order valence-corrected chi connectivity index (χ4v) is 4.71. The summed E-state index contributed by atoms with van der Waals surface area (Å²) < 4.78 is 0. The first-order valence-corrected chi connectivity index (χ1v) is 8.36. The molecule has 1 saturated heterocycles. The van der Waals surface area contributed by atoms with E-state index in [1.165, 1.54) is 16.0 Å². The highest BCUT2D eigenvalue weighted by Crippen LogP contribution is 2.57.